The van der Waals surface area contributed by atoms with E-state index in [-0.39, 0.29) is 0 Å². The molecular formula is C8H15N3O. The molecule has 4 nitrogen and oxygen atoms in total. The molecule has 0 radical (unpaired) electrons. The molecule has 12 heavy (non-hydrogen) atoms. The lowest BCUT2D eigenvalue weighted by Gasteiger charge is -2.42. The Labute approximate surface area is 72.5 Å². The standard InChI is InChI=1S/C8H15N3O/c12-7-10-3-4-11-2-1-9-5-8(11)6-10/h7-9H,1-6H2. The van der Waals surface area contributed by atoms with Crippen LogP contribution < -0.4 is 5.32 Å². The van der Waals surface area contributed by atoms with Crippen molar-refractivity contribution in [2.45, 2.75) is 6.04 Å². The molecule has 2 aliphatic heterocycles. The number of rotatable bonds is 1. The molecule has 68 valence electrons. The lowest BCUT2D eigenvalue weighted by atomic mass is 10.1. The molecule has 1 atom stereocenters. The third kappa shape index (κ3) is 1.44. The van der Waals surface area contributed by atoms with E-state index in [1.807, 2.05) is 4.90 Å². The largest absolute Gasteiger partial charge is 0.342 e. The maximum Gasteiger partial charge on any atom is 0.209 e. The van der Waals surface area contributed by atoms with Crippen molar-refractivity contribution in [3.05, 3.63) is 0 Å². The molecule has 2 aliphatic rings. The highest BCUT2D eigenvalue weighted by Gasteiger charge is 2.27. The Morgan fingerprint density at radius 2 is 2.25 bits per heavy atom. The van der Waals surface area contributed by atoms with E-state index in [4.69, 9.17) is 0 Å². The predicted octanol–water partition coefficient (Wildman–Crippen LogP) is -1.27. The molecule has 0 saturated carbocycles. The van der Waals surface area contributed by atoms with E-state index in [1.54, 1.807) is 0 Å². The first-order chi connectivity index (χ1) is 5.90. The number of piperazine rings is 2. The Hall–Kier alpha value is -0.610. The van der Waals surface area contributed by atoms with Crippen LogP contribution in [0, 0.1) is 0 Å². The zero-order valence-electron chi connectivity index (χ0n) is 7.20. The van der Waals surface area contributed by atoms with Crippen LogP contribution in [-0.2, 0) is 4.79 Å². The molecule has 1 unspecified atom stereocenters. The molecule has 4 heteroatoms. The van der Waals surface area contributed by atoms with Crippen LogP contribution in [0.1, 0.15) is 0 Å². The van der Waals surface area contributed by atoms with Gasteiger partial charge in [0.2, 0.25) is 6.41 Å². The van der Waals surface area contributed by atoms with Gasteiger partial charge in [0.25, 0.3) is 0 Å². The minimum atomic E-state index is 0.553. The first-order valence-electron chi connectivity index (χ1n) is 4.54. The minimum absolute atomic E-state index is 0.553. The summed E-state index contributed by atoms with van der Waals surface area (Å²) in [5.41, 5.74) is 0. The van der Waals surface area contributed by atoms with Gasteiger partial charge in [-0.15, -0.1) is 0 Å². The molecule has 0 bridgehead atoms. The Balaban J connectivity index is 1.93. The molecule has 0 aliphatic carbocycles. The number of carbonyl (C=O) groups excluding carboxylic acids is 1. The van der Waals surface area contributed by atoms with E-state index in [0.29, 0.717) is 6.04 Å². The quantitative estimate of drug-likeness (QED) is 0.497. The van der Waals surface area contributed by atoms with Gasteiger partial charge in [-0.05, 0) is 0 Å². The molecule has 2 heterocycles. The Morgan fingerprint density at radius 3 is 3.08 bits per heavy atom. The average molecular weight is 169 g/mol. The fourth-order valence-electron chi connectivity index (χ4n) is 1.99. The number of hydrogen-bond acceptors (Lipinski definition) is 3. The molecule has 2 rings (SSSR count). The molecule has 0 aromatic rings. The Morgan fingerprint density at radius 1 is 1.33 bits per heavy atom. The number of fused-ring (bicyclic) bond motifs is 1. The summed E-state index contributed by atoms with van der Waals surface area (Å²) in [5, 5.41) is 3.34. The van der Waals surface area contributed by atoms with Gasteiger partial charge >= 0.3 is 0 Å². The third-order valence-electron chi connectivity index (χ3n) is 2.74. The second-order valence-electron chi connectivity index (χ2n) is 3.49. The van der Waals surface area contributed by atoms with Crippen LogP contribution in [0.15, 0.2) is 0 Å². The maximum atomic E-state index is 10.5. The van der Waals surface area contributed by atoms with Gasteiger partial charge in [0.05, 0.1) is 0 Å². The average Bonchev–Trinajstić information content (AvgIpc) is 2.17. The Kier molecular flexibility index (Phi) is 2.28. The molecule has 0 aromatic heterocycles. The van der Waals surface area contributed by atoms with Crippen LogP contribution in [0.5, 0.6) is 0 Å². The first-order valence-corrected chi connectivity index (χ1v) is 4.54. The second kappa shape index (κ2) is 3.41. The summed E-state index contributed by atoms with van der Waals surface area (Å²) < 4.78 is 0. The van der Waals surface area contributed by atoms with E-state index in [1.165, 1.54) is 0 Å². The molecule has 0 spiro atoms. The van der Waals surface area contributed by atoms with Crippen molar-refractivity contribution < 1.29 is 4.79 Å². The van der Waals surface area contributed by atoms with Crippen LogP contribution in [-0.4, -0.2) is 61.5 Å². The maximum absolute atomic E-state index is 10.5. The highest BCUT2D eigenvalue weighted by atomic mass is 16.1. The van der Waals surface area contributed by atoms with Crippen LogP contribution in [0.2, 0.25) is 0 Å². The zero-order chi connectivity index (χ0) is 8.39. The van der Waals surface area contributed by atoms with Crippen LogP contribution >= 0.6 is 0 Å². The number of hydrogen-bond donors (Lipinski definition) is 1. The van der Waals surface area contributed by atoms with Gasteiger partial charge in [-0.1, -0.05) is 0 Å². The number of carbonyl (C=O) groups is 1. The van der Waals surface area contributed by atoms with Gasteiger partial charge in [-0.25, -0.2) is 0 Å². The van der Waals surface area contributed by atoms with Crippen molar-refractivity contribution in [1.29, 1.82) is 0 Å². The van der Waals surface area contributed by atoms with Gasteiger partial charge in [0.15, 0.2) is 0 Å². The van der Waals surface area contributed by atoms with E-state index < -0.39 is 0 Å². The zero-order valence-corrected chi connectivity index (χ0v) is 7.20. The van der Waals surface area contributed by atoms with E-state index in [0.717, 1.165) is 45.7 Å². The summed E-state index contributed by atoms with van der Waals surface area (Å²) in [6.45, 7) is 6.11. The topological polar surface area (TPSA) is 35.6 Å². The summed E-state index contributed by atoms with van der Waals surface area (Å²) in [6, 6.07) is 0.553. The fraction of sp³-hybridized carbons (Fsp3) is 0.875. The van der Waals surface area contributed by atoms with Gasteiger partial charge in [-0.2, -0.15) is 0 Å². The van der Waals surface area contributed by atoms with Crippen molar-refractivity contribution in [1.82, 2.24) is 15.1 Å². The monoisotopic (exact) mass is 169 g/mol. The smallest absolute Gasteiger partial charge is 0.209 e. The Bertz CT molecular complexity index is 174. The van der Waals surface area contributed by atoms with Gasteiger partial charge in [0, 0.05) is 45.3 Å². The van der Waals surface area contributed by atoms with Crippen LogP contribution in [0.4, 0.5) is 0 Å². The van der Waals surface area contributed by atoms with E-state index in [9.17, 15) is 4.79 Å². The van der Waals surface area contributed by atoms with Crippen molar-refractivity contribution in [3.63, 3.8) is 0 Å². The van der Waals surface area contributed by atoms with Crippen molar-refractivity contribution in [2.24, 2.45) is 0 Å². The molecular weight excluding hydrogens is 154 g/mol. The predicted molar refractivity (Wildman–Crippen MR) is 45.9 cm³/mol. The molecule has 1 N–H and O–H groups in total. The number of amides is 1. The summed E-state index contributed by atoms with van der Waals surface area (Å²) in [7, 11) is 0. The number of nitrogens with one attached hydrogen (secondary N) is 1. The lowest BCUT2D eigenvalue weighted by Crippen LogP contribution is -2.60. The van der Waals surface area contributed by atoms with E-state index in [2.05, 4.69) is 10.2 Å². The van der Waals surface area contributed by atoms with Crippen molar-refractivity contribution in [2.75, 3.05) is 39.3 Å². The third-order valence-corrected chi connectivity index (χ3v) is 2.74. The van der Waals surface area contributed by atoms with Gasteiger partial charge < -0.3 is 10.2 Å². The lowest BCUT2D eigenvalue weighted by molar-refractivity contribution is -0.121. The summed E-state index contributed by atoms with van der Waals surface area (Å²) in [4.78, 5) is 14.9. The second-order valence-corrected chi connectivity index (χ2v) is 3.49. The van der Waals surface area contributed by atoms with Crippen LogP contribution in [0.25, 0.3) is 0 Å². The molecule has 2 fully saturated rings. The van der Waals surface area contributed by atoms with Crippen molar-refractivity contribution in [3.8, 4) is 0 Å². The van der Waals surface area contributed by atoms with Gasteiger partial charge in [-0.3, -0.25) is 9.69 Å². The number of nitrogens with zero attached hydrogens (tertiary/aromatic N) is 2. The highest BCUT2D eigenvalue weighted by Crippen LogP contribution is 2.09. The highest BCUT2D eigenvalue weighted by molar-refractivity contribution is 5.47. The summed E-state index contributed by atoms with van der Waals surface area (Å²) in [5.74, 6) is 0. The summed E-state index contributed by atoms with van der Waals surface area (Å²) in [6.07, 6.45) is 0.964. The molecule has 1 amide bonds. The van der Waals surface area contributed by atoms with Crippen molar-refractivity contribution >= 4 is 6.41 Å². The van der Waals surface area contributed by atoms with Crippen LogP contribution in [0.3, 0.4) is 0 Å². The normalized spacial score (nSPS) is 31.3. The van der Waals surface area contributed by atoms with E-state index >= 15 is 0 Å². The minimum Gasteiger partial charge on any atom is -0.342 e. The molecule has 0 aromatic carbocycles. The SMILES string of the molecule is O=CN1CCN2CCNCC2C1. The summed E-state index contributed by atoms with van der Waals surface area (Å²) >= 11 is 0. The molecule has 2 saturated heterocycles. The fourth-order valence-corrected chi connectivity index (χ4v) is 1.99. The first kappa shape index (κ1) is 8.01. The van der Waals surface area contributed by atoms with Gasteiger partial charge in [0.1, 0.15) is 0 Å².